The molecule has 3 heterocycles. The van der Waals surface area contributed by atoms with E-state index in [1.54, 1.807) is 19.2 Å². The van der Waals surface area contributed by atoms with E-state index < -0.39 is 10.2 Å². The smallest absolute Gasteiger partial charge is 0.281 e. The van der Waals surface area contributed by atoms with Crippen molar-refractivity contribution in [3.8, 4) is 0 Å². The Hall–Kier alpha value is -2.50. The van der Waals surface area contributed by atoms with E-state index in [0.29, 0.717) is 62.8 Å². The summed E-state index contributed by atoms with van der Waals surface area (Å²) >= 11 is 0. The summed E-state index contributed by atoms with van der Waals surface area (Å²) in [6.45, 7) is 6.50. The fourth-order valence-corrected chi connectivity index (χ4v) is 6.20. The molecule has 1 fully saturated rings. The van der Waals surface area contributed by atoms with Crippen LogP contribution in [0.4, 0.5) is 11.4 Å². The maximum absolute atomic E-state index is 12.9. The maximum atomic E-state index is 12.9. The molecular formula is C21H30N6O4S. The highest BCUT2D eigenvalue weighted by Gasteiger charge is 2.36. The van der Waals surface area contributed by atoms with E-state index in [-0.39, 0.29) is 17.7 Å². The molecule has 0 bridgehead atoms. The lowest BCUT2D eigenvalue weighted by atomic mass is 9.97. The quantitative estimate of drug-likeness (QED) is 0.684. The van der Waals surface area contributed by atoms with E-state index in [4.69, 9.17) is 0 Å². The van der Waals surface area contributed by atoms with Crippen molar-refractivity contribution in [2.45, 2.75) is 26.7 Å². The van der Waals surface area contributed by atoms with Gasteiger partial charge in [-0.1, -0.05) is 13.8 Å². The van der Waals surface area contributed by atoms with Crippen LogP contribution in [0.3, 0.4) is 0 Å². The zero-order valence-electron chi connectivity index (χ0n) is 18.7. The number of piperidine rings is 1. The number of amides is 2. The summed E-state index contributed by atoms with van der Waals surface area (Å²) in [4.78, 5) is 33.6. The molecule has 0 atom stereocenters. The summed E-state index contributed by atoms with van der Waals surface area (Å²) in [5.74, 6) is 0.0865. The Morgan fingerprint density at radius 3 is 2.53 bits per heavy atom. The Morgan fingerprint density at radius 1 is 1.19 bits per heavy atom. The number of aliphatic imine (C=N–C) groups is 1. The Labute approximate surface area is 189 Å². The van der Waals surface area contributed by atoms with Gasteiger partial charge < -0.3 is 10.2 Å². The van der Waals surface area contributed by atoms with Gasteiger partial charge in [-0.2, -0.15) is 17.0 Å². The summed E-state index contributed by atoms with van der Waals surface area (Å²) in [5.41, 5.74) is 1.90. The van der Waals surface area contributed by atoms with Crippen LogP contribution < -0.4 is 10.2 Å². The summed E-state index contributed by atoms with van der Waals surface area (Å²) in [6, 6.07) is 5.35. The number of rotatable bonds is 6. The van der Waals surface area contributed by atoms with Crippen LogP contribution in [-0.2, 0) is 15.0 Å². The van der Waals surface area contributed by atoms with Crippen LogP contribution in [0.15, 0.2) is 23.2 Å². The number of carbonyl (C=O) groups is 2. The second-order valence-corrected chi connectivity index (χ2v) is 10.1. The molecule has 2 amide bonds. The van der Waals surface area contributed by atoms with Crippen molar-refractivity contribution >= 4 is 39.4 Å². The fraction of sp³-hybridized carbons (Fsp3) is 0.571. The van der Waals surface area contributed by atoms with Crippen LogP contribution in [0.25, 0.3) is 0 Å². The monoisotopic (exact) mass is 462 g/mol. The fourth-order valence-electron chi connectivity index (χ4n) is 4.55. The predicted octanol–water partition coefficient (Wildman–Crippen LogP) is 1.19. The SMILES string of the molecule is CCN(CC)S(=O)(=O)N1CCC(C(=O)Nc2ccc3c(c2)C(=O)N(C)C2=NCCN23)CC1. The highest BCUT2D eigenvalue weighted by Crippen LogP contribution is 2.32. The lowest BCUT2D eigenvalue weighted by Gasteiger charge is -2.34. The molecule has 0 spiro atoms. The molecule has 32 heavy (non-hydrogen) atoms. The Bertz CT molecular complexity index is 1040. The standard InChI is InChI=1S/C21H30N6O4S/c1-4-25(5-2)32(30,31)26-11-8-15(9-12-26)19(28)23-16-6-7-18-17(14-16)20(29)24(3)21-22-10-13-27(18)21/h6-7,14-15H,4-5,8-13H2,1-3H3,(H,23,28). The molecule has 1 N–H and O–H groups in total. The van der Waals surface area contributed by atoms with Crippen LogP contribution in [0.1, 0.15) is 37.0 Å². The average Bonchev–Trinajstić information content (AvgIpc) is 3.28. The first-order valence-electron chi connectivity index (χ1n) is 11.1. The van der Waals surface area contributed by atoms with Gasteiger partial charge in [0.05, 0.1) is 17.8 Å². The lowest BCUT2D eigenvalue weighted by Crippen LogP contribution is -2.48. The molecule has 0 saturated carbocycles. The van der Waals surface area contributed by atoms with E-state index in [0.717, 1.165) is 12.2 Å². The van der Waals surface area contributed by atoms with Crippen molar-refractivity contribution in [3.05, 3.63) is 23.8 Å². The summed E-state index contributed by atoms with van der Waals surface area (Å²) < 4.78 is 28.3. The van der Waals surface area contributed by atoms with Gasteiger partial charge in [0.25, 0.3) is 16.1 Å². The molecule has 0 unspecified atom stereocenters. The predicted molar refractivity (Wildman–Crippen MR) is 123 cm³/mol. The number of anilines is 2. The third kappa shape index (κ3) is 3.89. The Morgan fingerprint density at radius 2 is 1.88 bits per heavy atom. The first-order chi connectivity index (χ1) is 15.3. The van der Waals surface area contributed by atoms with Gasteiger partial charge in [-0.3, -0.25) is 19.5 Å². The molecule has 0 aromatic heterocycles. The Balaban J connectivity index is 1.42. The molecular weight excluding hydrogens is 432 g/mol. The zero-order chi connectivity index (χ0) is 23.0. The number of nitrogens with one attached hydrogen (secondary N) is 1. The molecule has 3 aliphatic rings. The van der Waals surface area contributed by atoms with Gasteiger partial charge in [0.1, 0.15) is 0 Å². The lowest BCUT2D eigenvalue weighted by molar-refractivity contribution is -0.120. The molecule has 174 valence electrons. The van der Waals surface area contributed by atoms with Crippen LogP contribution in [0, 0.1) is 5.92 Å². The van der Waals surface area contributed by atoms with Crippen molar-refractivity contribution < 1.29 is 18.0 Å². The van der Waals surface area contributed by atoms with E-state index in [9.17, 15) is 18.0 Å². The molecule has 4 rings (SSSR count). The maximum Gasteiger partial charge on any atom is 0.281 e. The largest absolute Gasteiger partial charge is 0.326 e. The molecule has 1 aromatic rings. The van der Waals surface area contributed by atoms with Crippen molar-refractivity contribution in [2.75, 3.05) is 56.5 Å². The number of hydrogen-bond donors (Lipinski definition) is 1. The minimum atomic E-state index is -3.48. The van der Waals surface area contributed by atoms with E-state index >= 15 is 0 Å². The second-order valence-electron chi connectivity index (χ2n) is 8.18. The minimum absolute atomic E-state index is 0.148. The number of fused-ring (bicyclic) bond motifs is 3. The van der Waals surface area contributed by atoms with Gasteiger partial charge in [0.15, 0.2) is 0 Å². The normalized spacial score (nSPS) is 19.8. The van der Waals surface area contributed by atoms with Gasteiger partial charge >= 0.3 is 0 Å². The van der Waals surface area contributed by atoms with Crippen molar-refractivity contribution in [1.82, 2.24) is 13.5 Å². The first-order valence-corrected chi connectivity index (χ1v) is 12.5. The van der Waals surface area contributed by atoms with Crippen molar-refractivity contribution in [3.63, 3.8) is 0 Å². The van der Waals surface area contributed by atoms with E-state index in [1.807, 2.05) is 24.8 Å². The molecule has 0 radical (unpaired) electrons. The van der Waals surface area contributed by atoms with Gasteiger partial charge in [-0.05, 0) is 31.0 Å². The molecule has 1 aromatic carbocycles. The van der Waals surface area contributed by atoms with Crippen LogP contribution in [-0.4, -0.2) is 86.0 Å². The van der Waals surface area contributed by atoms with Crippen LogP contribution in [0.5, 0.6) is 0 Å². The third-order valence-electron chi connectivity index (χ3n) is 6.39. The van der Waals surface area contributed by atoms with Gasteiger partial charge in [-0.15, -0.1) is 0 Å². The highest BCUT2D eigenvalue weighted by atomic mass is 32.2. The highest BCUT2D eigenvalue weighted by molar-refractivity contribution is 7.86. The van der Waals surface area contributed by atoms with E-state index in [1.165, 1.54) is 13.5 Å². The topological polar surface area (TPSA) is 106 Å². The molecule has 10 nitrogen and oxygen atoms in total. The van der Waals surface area contributed by atoms with Gasteiger partial charge in [0.2, 0.25) is 11.9 Å². The molecule has 1 saturated heterocycles. The van der Waals surface area contributed by atoms with Crippen molar-refractivity contribution in [2.24, 2.45) is 10.9 Å². The van der Waals surface area contributed by atoms with Crippen LogP contribution in [0.2, 0.25) is 0 Å². The molecule has 11 heteroatoms. The van der Waals surface area contributed by atoms with E-state index in [2.05, 4.69) is 10.3 Å². The third-order valence-corrected chi connectivity index (χ3v) is 8.58. The average molecular weight is 463 g/mol. The van der Waals surface area contributed by atoms with Gasteiger partial charge in [0, 0.05) is 51.4 Å². The minimum Gasteiger partial charge on any atom is -0.326 e. The number of carbonyl (C=O) groups excluding carboxylic acids is 2. The van der Waals surface area contributed by atoms with Gasteiger partial charge in [-0.25, -0.2) is 0 Å². The first kappa shape index (κ1) is 22.7. The number of benzene rings is 1. The molecule has 0 aliphatic carbocycles. The summed E-state index contributed by atoms with van der Waals surface area (Å²) in [7, 11) is -1.78. The zero-order valence-corrected chi connectivity index (χ0v) is 19.6. The van der Waals surface area contributed by atoms with Crippen molar-refractivity contribution in [1.29, 1.82) is 0 Å². The van der Waals surface area contributed by atoms with Crippen LogP contribution >= 0.6 is 0 Å². The number of hydrogen-bond acceptors (Lipinski definition) is 6. The molecule has 3 aliphatic heterocycles. The summed E-state index contributed by atoms with van der Waals surface area (Å²) in [5, 5.41) is 2.92. The second kappa shape index (κ2) is 8.80. The number of guanidine groups is 1. The summed E-state index contributed by atoms with van der Waals surface area (Å²) in [6.07, 6.45) is 0.930. The Kier molecular flexibility index (Phi) is 6.24. The number of nitrogens with zero attached hydrogens (tertiary/aromatic N) is 5.